The molecule has 198 valence electrons. The Bertz CT molecular complexity index is 828. The van der Waals surface area contributed by atoms with Gasteiger partial charge in [0, 0.05) is 0 Å². The van der Waals surface area contributed by atoms with E-state index in [2.05, 4.69) is 38.1 Å². The number of carbonyl (C=O) groups is 3. The highest BCUT2D eigenvalue weighted by atomic mass is 16.5. The molecule has 0 bridgehead atoms. The zero-order valence-corrected chi connectivity index (χ0v) is 23.0. The molecular weight excluding hydrogens is 444 g/mol. The van der Waals surface area contributed by atoms with E-state index in [1.54, 1.807) is 20.8 Å². The molecule has 0 radical (unpaired) electrons. The van der Waals surface area contributed by atoms with Crippen LogP contribution in [0, 0.1) is 16.7 Å². The van der Waals surface area contributed by atoms with Crippen LogP contribution in [0.3, 0.4) is 0 Å². The highest BCUT2D eigenvalue weighted by Crippen LogP contribution is 2.43. The average molecular weight is 491 g/mol. The van der Waals surface area contributed by atoms with Crippen molar-refractivity contribution in [3.05, 3.63) is 35.4 Å². The first-order valence-corrected chi connectivity index (χ1v) is 12.9. The summed E-state index contributed by atoms with van der Waals surface area (Å²) in [5.41, 5.74) is 0.525. The van der Waals surface area contributed by atoms with E-state index >= 15 is 0 Å². The number of aliphatic carboxylic acids is 1. The van der Waals surface area contributed by atoms with Crippen LogP contribution in [0.2, 0.25) is 0 Å². The largest absolute Gasteiger partial charge is 0.481 e. The molecule has 0 aromatic heterocycles. The molecule has 1 aromatic rings. The summed E-state index contributed by atoms with van der Waals surface area (Å²) in [7, 11) is 1.36. The highest BCUT2D eigenvalue weighted by Gasteiger charge is 2.41. The molecule has 0 spiro atoms. The van der Waals surface area contributed by atoms with E-state index in [4.69, 9.17) is 9.47 Å². The molecule has 0 heterocycles. The van der Waals surface area contributed by atoms with Crippen LogP contribution in [0.1, 0.15) is 110 Å². The number of hydrogen-bond acceptors (Lipinski definition) is 5. The standard InChI is InChI=1S/C29H46O6/c1-9-20(4)22-12-14-23(15-13-22)24(16-17-28(5,6)26(31)32)19-29(7,27(33)35-11-3)18-21(10-2)25(30)34-8/h12-15,20-21,24H,9-11,16-19H2,1-8H3,(H,31,32). The molecule has 0 amide bonds. The van der Waals surface area contributed by atoms with Gasteiger partial charge in [0.05, 0.1) is 30.5 Å². The average Bonchev–Trinajstić information content (AvgIpc) is 2.84. The van der Waals surface area contributed by atoms with Crippen LogP contribution in [0.15, 0.2) is 24.3 Å². The number of rotatable bonds is 15. The number of benzene rings is 1. The first-order valence-electron chi connectivity index (χ1n) is 12.9. The van der Waals surface area contributed by atoms with E-state index in [1.165, 1.54) is 12.7 Å². The van der Waals surface area contributed by atoms with Gasteiger partial charge in [-0.05, 0) is 89.2 Å². The molecule has 6 nitrogen and oxygen atoms in total. The van der Waals surface area contributed by atoms with E-state index in [0.717, 1.165) is 12.0 Å². The van der Waals surface area contributed by atoms with Crippen LogP contribution in [0.5, 0.6) is 0 Å². The molecule has 35 heavy (non-hydrogen) atoms. The molecule has 4 atom stereocenters. The predicted octanol–water partition coefficient (Wildman–Crippen LogP) is 6.72. The number of carboxylic acid groups (broad SMARTS) is 1. The maximum absolute atomic E-state index is 13.2. The van der Waals surface area contributed by atoms with Crippen molar-refractivity contribution in [1.29, 1.82) is 0 Å². The summed E-state index contributed by atoms with van der Waals surface area (Å²) < 4.78 is 10.5. The number of esters is 2. The molecular formula is C29H46O6. The predicted molar refractivity (Wildman–Crippen MR) is 138 cm³/mol. The summed E-state index contributed by atoms with van der Waals surface area (Å²) in [6.07, 6.45) is 3.44. The zero-order chi connectivity index (χ0) is 26.8. The maximum atomic E-state index is 13.2. The van der Waals surface area contributed by atoms with Crippen molar-refractivity contribution in [1.82, 2.24) is 0 Å². The van der Waals surface area contributed by atoms with Gasteiger partial charge in [-0.1, -0.05) is 45.0 Å². The van der Waals surface area contributed by atoms with Gasteiger partial charge in [0.15, 0.2) is 0 Å². The Kier molecular flexibility index (Phi) is 12.0. The Morgan fingerprint density at radius 3 is 1.97 bits per heavy atom. The number of ether oxygens (including phenoxy) is 2. The lowest BCUT2D eigenvalue weighted by Gasteiger charge is -2.34. The lowest BCUT2D eigenvalue weighted by Crippen LogP contribution is -2.36. The number of hydrogen-bond donors (Lipinski definition) is 1. The van der Waals surface area contributed by atoms with Crippen LogP contribution in [-0.2, 0) is 23.9 Å². The Balaban J connectivity index is 3.40. The third-order valence-electron chi connectivity index (χ3n) is 7.48. The van der Waals surface area contributed by atoms with Gasteiger partial charge in [0.1, 0.15) is 0 Å². The quantitative estimate of drug-likeness (QED) is 0.274. The second kappa shape index (κ2) is 13.6. The van der Waals surface area contributed by atoms with Crippen molar-refractivity contribution in [2.24, 2.45) is 16.7 Å². The summed E-state index contributed by atoms with van der Waals surface area (Å²) in [6, 6.07) is 8.46. The van der Waals surface area contributed by atoms with Gasteiger partial charge >= 0.3 is 17.9 Å². The van der Waals surface area contributed by atoms with E-state index in [9.17, 15) is 19.5 Å². The number of methoxy groups -OCH3 is 1. The minimum absolute atomic E-state index is 0.0656. The first kappa shape index (κ1) is 30.7. The maximum Gasteiger partial charge on any atom is 0.311 e. The van der Waals surface area contributed by atoms with E-state index in [1.807, 2.05) is 13.8 Å². The molecule has 1 N–H and O–H groups in total. The Labute approximate surface area is 211 Å². The van der Waals surface area contributed by atoms with Crippen molar-refractivity contribution in [2.45, 2.75) is 98.8 Å². The third kappa shape index (κ3) is 8.66. The summed E-state index contributed by atoms with van der Waals surface area (Å²) in [6.45, 7) is 13.6. The Morgan fingerprint density at radius 1 is 0.943 bits per heavy atom. The molecule has 1 aromatic carbocycles. The minimum Gasteiger partial charge on any atom is -0.481 e. The fraction of sp³-hybridized carbons (Fsp3) is 0.690. The summed E-state index contributed by atoms with van der Waals surface area (Å²) in [5.74, 6) is -1.54. The minimum atomic E-state index is -0.918. The topological polar surface area (TPSA) is 89.9 Å². The van der Waals surface area contributed by atoms with Gasteiger partial charge < -0.3 is 14.6 Å². The Hall–Kier alpha value is -2.37. The number of carbonyl (C=O) groups excluding carboxylic acids is 2. The molecule has 6 heteroatoms. The van der Waals surface area contributed by atoms with Crippen LogP contribution in [0.25, 0.3) is 0 Å². The second-order valence-electron chi connectivity index (χ2n) is 10.7. The second-order valence-corrected chi connectivity index (χ2v) is 10.7. The summed E-state index contributed by atoms with van der Waals surface area (Å²) in [4.78, 5) is 37.4. The van der Waals surface area contributed by atoms with Gasteiger partial charge in [0.25, 0.3) is 0 Å². The fourth-order valence-corrected chi connectivity index (χ4v) is 4.56. The summed E-state index contributed by atoms with van der Waals surface area (Å²) in [5, 5.41) is 9.65. The van der Waals surface area contributed by atoms with Crippen molar-refractivity contribution in [2.75, 3.05) is 13.7 Å². The van der Waals surface area contributed by atoms with E-state index in [-0.39, 0.29) is 24.5 Å². The third-order valence-corrected chi connectivity index (χ3v) is 7.48. The lowest BCUT2D eigenvalue weighted by atomic mass is 9.70. The van der Waals surface area contributed by atoms with Crippen molar-refractivity contribution in [3.63, 3.8) is 0 Å². The Morgan fingerprint density at radius 2 is 1.51 bits per heavy atom. The monoisotopic (exact) mass is 490 g/mol. The molecule has 0 aliphatic rings. The molecule has 0 aliphatic heterocycles. The molecule has 0 fully saturated rings. The molecule has 0 saturated heterocycles. The van der Waals surface area contributed by atoms with Gasteiger partial charge in [-0.25, -0.2) is 0 Å². The summed E-state index contributed by atoms with van der Waals surface area (Å²) >= 11 is 0. The fourth-order valence-electron chi connectivity index (χ4n) is 4.56. The first-order chi connectivity index (χ1) is 16.3. The smallest absolute Gasteiger partial charge is 0.311 e. The van der Waals surface area contributed by atoms with Gasteiger partial charge in [-0.15, -0.1) is 0 Å². The molecule has 0 aliphatic carbocycles. The normalized spacial score (nSPS) is 16.0. The zero-order valence-electron chi connectivity index (χ0n) is 23.0. The van der Waals surface area contributed by atoms with Crippen LogP contribution < -0.4 is 0 Å². The molecule has 0 saturated carbocycles. The van der Waals surface area contributed by atoms with Crippen molar-refractivity contribution in [3.8, 4) is 0 Å². The van der Waals surface area contributed by atoms with Crippen molar-refractivity contribution < 1.29 is 29.0 Å². The molecule has 4 unspecified atom stereocenters. The highest BCUT2D eigenvalue weighted by molar-refractivity contribution is 5.79. The number of carboxylic acids is 1. The van der Waals surface area contributed by atoms with Crippen LogP contribution >= 0.6 is 0 Å². The lowest BCUT2D eigenvalue weighted by molar-refractivity contribution is -0.159. The van der Waals surface area contributed by atoms with Gasteiger partial charge in [-0.3, -0.25) is 14.4 Å². The van der Waals surface area contributed by atoms with Crippen LogP contribution in [0.4, 0.5) is 0 Å². The molecule has 1 rings (SSSR count). The van der Waals surface area contributed by atoms with Crippen LogP contribution in [-0.4, -0.2) is 36.7 Å². The van der Waals surface area contributed by atoms with E-state index < -0.39 is 22.7 Å². The van der Waals surface area contributed by atoms with Crippen molar-refractivity contribution >= 4 is 17.9 Å². The van der Waals surface area contributed by atoms with Gasteiger partial charge in [-0.2, -0.15) is 0 Å². The van der Waals surface area contributed by atoms with E-state index in [0.29, 0.717) is 38.0 Å². The van der Waals surface area contributed by atoms with Gasteiger partial charge in [0.2, 0.25) is 0 Å². The SMILES string of the molecule is CCOC(=O)C(C)(CC(CC)C(=O)OC)CC(CCC(C)(C)C(=O)O)c1ccc(C(C)CC)cc1.